The minimum atomic E-state index is 0.221. The van der Waals surface area contributed by atoms with Crippen molar-refractivity contribution in [3.63, 3.8) is 0 Å². The van der Waals surface area contributed by atoms with E-state index in [-0.39, 0.29) is 5.75 Å². The fourth-order valence-corrected chi connectivity index (χ4v) is 2.01. The van der Waals surface area contributed by atoms with Gasteiger partial charge in [-0.2, -0.15) is 0 Å². The Morgan fingerprint density at radius 1 is 0.824 bits per heavy atom. The zero-order chi connectivity index (χ0) is 12.4. The Kier molecular flexibility index (Phi) is 3.05. The molecule has 0 aromatic heterocycles. The minimum Gasteiger partial charge on any atom is -0.508 e. The largest absolute Gasteiger partial charge is 0.508 e. The molecule has 0 aliphatic rings. The average Bonchev–Trinajstić information content (AvgIpc) is 2.26. The van der Waals surface area contributed by atoms with Crippen LogP contribution in [0.25, 0.3) is 11.1 Å². The Bertz CT molecular complexity index is 524. The summed E-state index contributed by atoms with van der Waals surface area (Å²) < 4.78 is 5.16. The molecule has 2 rings (SSSR count). The van der Waals surface area contributed by atoms with Gasteiger partial charge in [-0.05, 0) is 37.1 Å². The number of rotatable bonds is 2. The molecule has 88 valence electrons. The first-order valence-corrected chi connectivity index (χ1v) is 5.55. The van der Waals surface area contributed by atoms with Crippen molar-refractivity contribution in [1.82, 2.24) is 0 Å². The number of benzene rings is 2. The zero-order valence-corrected chi connectivity index (χ0v) is 10.3. The molecule has 0 aliphatic heterocycles. The number of aryl methyl sites for hydroxylation is 2. The molecule has 2 heteroatoms. The summed E-state index contributed by atoms with van der Waals surface area (Å²) in [5.41, 5.74) is 4.48. The van der Waals surface area contributed by atoms with Crippen molar-refractivity contribution < 1.29 is 9.84 Å². The van der Waals surface area contributed by atoms with Gasteiger partial charge in [-0.3, -0.25) is 0 Å². The van der Waals surface area contributed by atoms with Crippen LogP contribution in [0.15, 0.2) is 36.4 Å². The van der Waals surface area contributed by atoms with Gasteiger partial charge in [0.15, 0.2) is 0 Å². The SMILES string of the molecule is COc1cc(O)cc(-c2cc(C)cc(C)c2)c1. The Hall–Kier alpha value is -1.96. The molecule has 0 radical (unpaired) electrons. The van der Waals surface area contributed by atoms with Gasteiger partial charge in [-0.1, -0.05) is 29.3 Å². The highest BCUT2D eigenvalue weighted by molar-refractivity contribution is 5.68. The highest BCUT2D eigenvalue weighted by atomic mass is 16.5. The second kappa shape index (κ2) is 4.50. The Morgan fingerprint density at radius 3 is 2.00 bits per heavy atom. The van der Waals surface area contributed by atoms with Crippen LogP contribution in [-0.2, 0) is 0 Å². The van der Waals surface area contributed by atoms with Gasteiger partial charge < -0.3 is 9.84 Å². The number of aromatic hydroxyl groups is 1. The maximum Gasteiger partial charge on any atom is 0.123 e. The van der Waals surface area contributed by atoms with Gasteiger partial charge >= 0.3 is 0 Å². The molecule has 0 atom stereocenters. The van der Waals surface area contributed by atoms with E-state index in [1.165, 1.54) is 11.1 Å². The third-order valence-corrected chi connectivity index (χ3v) is 2.68. The van der Waals surface area contributed by atoms with Crippen molar-refractivity contribution in [2.75, 3.05) is 7.11 Å². The maximum atomic E-state index is 9.64. The summed E-state index contributed by atoms with van der Waals surface area (Å²) in [7, 11) is 1.60. The molecule has 0 heterocycles. The molecule has 0 amide bonds. The first-order chi connectivity index (χ1) is 8.08. The number of phenolic OH excluding ortho intramolecular Hbond substituents is 1. The Morgan fingerprint density at radius 2 is 1.41 bits per heavy atom. The molecule has 1 N–H and O–H groups in total. The fourth-order valence-electron chi connectivity index (χ4n) is 2.01. The lowest BCUT2D eigenvalue weighted by molar-refractivity contribution is 0.408. The summed E-state index contributed by atoms with van der Waals surface area (Å²) in [4.78, 5) is 0. The molecule has 17 heavy (non-hydrogen) atoms. The van der Waals surface area contributed by atoms with Gasteiger partial charge in [0.2, 0.25) is 0 Å². The van der Waals surface area contributed by atoms with E-state index < -0.39 is 0 Å². The second-order valence-electron chi connectivity index (χ2n) is 4.30. The maximum absolute atomic E-state index is 9.64. The summed E-state index contributed by atoms with van der Waals surface area (Å²) in [5.74, 6) is 0.887. The molecular formula is C15H16O2. The van der Waals surface area contributed by atoms with Crippen molar-refractivity contribution in [2.24, 2.45) is 0 Å². The van der Waals surface area contributed by atoms with Gasteiger partial charge in [0.25, 0.3) is 0 Å². The molecule has 0 fully saturated rings. The molecule has 2 aromatic rings. The van der Waals surface area contributed by atoms with Crippen LogP contribution < -0.4 is 4.74 Å². The first kappa shape index (κ1) is 11.5. The number of hydrogen-bond donors (Lipinski definition) is 1. The van der Waals surface area contributed by atoms with E-state index in [0.717, 1.165) is 11.1 Å². The van der Waals surface area contributed by atoms with Crippen LogP contribution in [0.1, 0.15) is 11.1 Å². The lowest BCUT2D eigenvalue weighted by Gasteiger charge is -2.08. The lowest BCUT2D eigenvalue weighted by Crippen LogP contribution is -1.86. The number of phenols is 1. The predicted molar refractivity (Wildman–Crippen MR) is 69.6 cm³/mol. The molecule has 0 unspecified atom stereocenters. The fraction of sp³-hybridized carbons (Fsp3) is 0.200. The van der Waals surface area contributed by atoms with E-state index in [1.54, 1.807) is 19.2 Å². The Labute approximate surface area is 101 Å². The van der Waals surface area contributed by atoms with E-state index in [0.29, 0.717) is 5.75 Å². The zero-order valence-electron chi connectivity index (χ0n) is 10.3. The molecule has 0 aliphatic carbocycles. The molecule has 0 spiro atoms. The quantitative estimate of drug-likeness (QED) is 0.849. The molecular weight excluding hydrogens is 212 g/mol. The van der Waals surface area contributed by atoms with Crippen LogP contribution in [0.2, 0.25) is 0 Å². The minimum absolute atomic E-state index is 0.221. The lowest BCUT2D eigenvalue weighted by atomic mass is 10.0. The summed E-state index contributed by atoms with van der Waals surface area (Å²) in [5, 5.41) is 9.64. The summed E-state index contributed by atoms with van der Waals surface area (Å²) in [6.07, 6.45) is 0. The number of methoxy groups -OCH3 is 1. The summed E-state index contributed by atoms with van der Waals surface area (Å²) in [6.45, 7) is 4.13. The molecule has 2 nitrogen and oxygen atoms in total. The number of hydrogen-bond acceptors (Lipinski definition) is 2. The van der Waals surface area contributed by atoms with Gasteiger partial charge in [-0.15, -0.1) is 0 Å². The topological polar surface area (TPSA) is 29.5 Å². The number of ether oxygens (including phenoxy) is 1. The average molecular weight is 228 g/mol. The van der Waals surface area contributed by atoms with Gasteiger partial charge in [-0.25, -0.2) is 0 Å². The van der Waals surface area contributed by atoms with Crippen molar-refractivity contribution in [2.45, 2.75) is 13.8 Å². The predicted octanol–water partition coefficient (Wildman–Crippen LogP) is 3.68. The van der Waals surface area contributed by atoms with E-state index in [1.807, 2.05) is 6.07 Å². The first-order valence-electron chi connectivity index (χ1n) is 5.55. The van der Waals surface area contributed by atoms with Crippen molar-refractivity contribution in [3.05, 3.63) is 47.5 Å². The molecule has 0 saturated heterocycles. The van der Waals surface area contributed by atoms with Crippen molar-refractivity contribution >= 4 is 0 Å². The van der Waals surface area contributed by atoms with E-state index in [4.69, 9.17) is 4.74 Å². The summed E-state index contributed by atoms with van der Waals surface area (Å²) in [6, 6.07) is 11.6. The van der Waals surface area contributed by atoms with Crippen molar-refractivity contribution in [1.29, 1.82) is 0 Å². The highest BCUT2D eigenvalue weighted by Gasteiger charge is 2.04. The summed E-state index contributed by atoms with van der Waals surface area (Å²) >= 11 is 0. The van der Waals surface area contributed by atoms with E-state index in [9.17, 15) is 5.11 Å². The standard InChI is InChI=1S/C15H16O2/c1-10-4-11(2)6-12(5-10)13-7-14(16)9-15(8-13)17-3/h4-9,16H,1-3H3. The second-order valence-corrected chi connectivity index (χ2v) is 4.30. The highest BCUT2D eigenvalue weighted by Crippen LogP contribution is 2.30. The van der Waals surface area contributed by atoms with E-state index in [2.05, 4.69) is 32.0 Å². The van der Waals surface area contributed by atoms with Gasteiger partial charge in [0.1, 0.15) is 11.5 Å². The Balaban J connectivity index is 2.55. The van der Waals surface area contributed by atoms with Crippen molar-refractivity contribution in [3.8, 4) is 22.6 Å². The van der Waals surface area contributed by atoms with Gasteiger partial charge in [0, 0.05) is 6.07 Å². The van der Waals surface area contributed by atoms with Crippen LogP contribution in [0, 0.1) is 13.8 Å². The van der Waals surface area contributed by atoms with Gasteiger partial charge in [0.05, 0.1) is 7.11 Å². The van der Waals surface area contributed by atoms with Crippen LogP contribution in [0.5, 0.6) is 11.5 Å². The van der Waals surface area contributed by atoms with Crippen LogP contribution in [0.4, 0.5) is 0 Å². The third-order valence-electron chi connectivity index (χ3n) is 2.68. The monoisotopic (exact) mass is 228 g/mol. The molecule has 0 bridgehead atoms. The van der Waals surface area contributed by atoms with Crippen LogP contribution in [-0.4, -0.2) is 12.2 Å². The molecule has 0 saturated carbocycles. The normalized spacial score (nSPS) is 10.3. The molecule has 2 aromatic carbocycles. The van der Waals surface area contributed by atoms with Crippen LogP contribution >= 0.6 is 0 Å². The van der Waals surface area contributed by atoms with E-state index >= 15 is 0 Å². The smallest absolute Gasteiger partial charge is 0.123 e. The van der Waals surface area contributed by atoms with Crippen LogP contribution in [0.3, 0.4) is 0 Å². The third kappa shape index (κ3) is 2.59.